The lowest BCUT2D eigenvalue weighted by atomic mass is 9.99. The molecule has 0 radical (unpaired) electrons. The van der Waals surface area contributed by atoms with Gasteiger partial charge in [-0.05, 0) is 17.9 Å². The maximum atomic E-state index is 12.4. The molecule has 1 fully saturated rings. The highest BCUT2D eigenvalue weighted by Gasteiger charge is 2.28. The maximum Gasteiger partial charge on any atom is 0.223 e. The Kier molecular flexibility index (Phi) is 4.97. The van der Waals surface area contributed by atoms with E-state index < -0.39 is 0 Å². The second kappa shape index (κ2) is 6.71. The Morgan fingerprint density at radius 2 is 2.11 bits per heavy atom. The molecule has 0 bridgehead atoms. The quantitative estimate of drug-likeness (QED) is 0.899. The van der Waals surface area contributed by atoms with Crippen LogP contribution in [0.5, 0.6) is 0 Å². The molecule has 104 valence electrons. The summed E-state index contributed by atoms with van der Waals surface area (Å²) < 4.78 is 0. The van der Waals surface area contributed by atoms with Crippen molar-refractivity contribution in [3.05, 3.63) is 35.9 Å². The van der Waals surface area contributed by atoms with Crippen LogP contribution in [0.1, 0.15) is 25.8 Å². The summed E-state index contributed by atoms with van der Waals surface area (Å²) in [6.45, 7) is 7.07. The van der Waals surface area contributed by atoms with E-state index in [0.717, 1.165) is 26.1 Å². The molecule has 1 aliphatic rings. The lowest BCUT2D eigenvalue weighted by Crippen LogP contribution is -2.55. The summed E-state index contributed by atoms with van der Waals surface area (Å²) in [6, 6.07) is 10.6. The summed E-state index contributed by atoms with van der Waals surface area (Å²) in [6.07, 6.45) is 1.46. The Bertz CT molecular complexity index is 402. The molecule has 0 aliphatic carbocycles. The van der Waals surface area contributed by atoms with Crippen LogP contribution in [-0.2, 0) is 11.2 Å². The normalized spacial score (nSPS) is 19.7. The van der Waals surface area contributed by atoms with Gasteiger partial charge in [-0.3, -0.25) is 4.79 Å². The minimum absolute atomic E-state index is 0.295. The van der Waals surface area contributed by atoms with E-state index in [-0.39, 0.29) is 0 Å². The molecule has 1 saturated heterocycles. The number of piperazine rings is 1. The van der Waals surface area contributed by atoms with Gasteiger partial charge in [-0.1, -0.05) is 44.2 Å². The zero-order valence-electron chi connectivity index (χ0n) is 11.9. The van der Waals surface area contributed by atoms with Crippen LogP contribution in [0.15, 0.2) is 30.3 Å². The molecular weight excluding hydrogens is 236 g/mol. The third kappa shape index (κ3) is 3.80. The molecule has 1 aromatic rings. The van der Waals surface area contributed by atoms with Crippen LogP contribution in [0.4, 0.5) is 0 Å². The number of amides is 1. The van der Waals surface area contributed by atoms with Crippen LogP contribution in [0, 0.1) is 5.92 Å². The van der Waals surface area contributed by atoms with Gasteiger partial charge in [-0.25, -0.2) is 0 Å². The fourth-order valence-electron chi connectivity index (χ4n) is 2.67. The van der Waals surface area contributed by atoms with E-state index in [1.54, 1.807) is 0 Å². The number of nitrogens with one attached hydrogen (secondary N) is 1. The first kappa shape index (κ1) is 14.1. The Morgan fingerprint density at radius 1 is 1.37 bits per heavy atom. The lowest BCUT2D eigenvalue weighted by molar-refractivity contribution is -0.135. The van der Waals surface area contributed by atoms with Gasteiger partial charge in [0.15, 0.2) is 0 Å². The molecule has 1 unspecified atom stereocenters. The van der Waals surface area contributed by atoms with Crippen molar-refractivity contribution in [2.75, 3.05) is 19.6 Å². The largest absolute Gasteiger partial charge is 0.337 e. The van der Waals surface area contributed by atoms with E-state index >= 15 is 0 Å². The van der Waals surface area contributed by atoms with Gasteiger partial charge in [0.25, 0.3) is 0 Å². The maximum absolute atomic E-state index is 12.4. The zero-order valence-corrected chi connectivity index (χ0v) is 11.9. The molecule has 1 N–H and O–H groups in total. The average molecular weight is 260 g/mol. The average Bonchev–Trinajstić information content (AvgIpc) is 2.46. The topological polar surface area (TPSA) is 32.3 Å². The van der Waals surface area contributed by atoms with E-state index in [4.69, 9.17) is 0 Å². The highest BCUT2D eigenvalue weighted by atomic mass is 16.2. The molecular formula is C16H24N2O. The van der Waals surface area contributed by atoms with Crippen LogP contribution in [0.25, 0.3) is 0 Å². The van der Waals surface area contributed by atoms with E-state index in [2.05, 4.69) is 36.2 Å². The van der Waals surface area contributed by atoms with E-state index in [1.165, 1.54) is 5.56 Å². The number of carbonyl (C=O) groups excluding carboxylic acids is 1. The summed E-state index contributed by atoms with van der Waals surface area (Å²) in [7, 11) is 0. The highest BCUT2D eigenvalue weighted by molar-refractivity contribution is 5.77. The molecule has 1 aliphatic heterocycles. The van der Waals surface area contributed by atoms with Crippen molar-refractivity contribution in [1.82, 2.24) is 10.2 Å². The highest BCUT2D eigenvalue weighted by Crippen LogP contribution is 2.15. The standard InChI is InChI=1S/C16H24N2O/c1-13(2)15-12-17-10-11-18(15)16(19)9-8-14-6-4-3-5-7-14/h3-7,13,15,17H,8-12H2,1-2H3. The molecule has 19 heavy (non-hydrogen) atoms. The summed E-state index contributed by atoms with van der Waals surface area (Å²) >= 11 is 0. The molecule has 0 aromatic heterocycles. The molecule has 1 heterocycles. The van der Waals surface area contributed by atoms with Crippen LogP contribution < -0.4 is 5.32 Å². The number of benzene rings is 1. The Hall–Kier alpha value is -1.35. The van der Waals surface area contributed by atoms with Crippen molar-refractivity contribution in [2.45, 2.75) is 32.7 Å². The van der Waals surface area contributed by atoms with Crippen molar-refractivity contribution in [2.24, 2.45) is 5.92 Å². The van der Waals surface area contributed by atoms with Gasteiger partial charge in [0, 0.05) is 32.1 Å². The fraction of sp³-hybridized carbons (Fsp3) is 0.562. The third-order valence-corrected chi connectivity index (χ3v) is 3.84. The Balaban J connectivity index is 1.91. The van der Waals surface area contributed by atoms with Crippen LogP contribution >= 0.6 is 0 Å². The van der Waals surface area contributed by atoms with Gasteiger partial charge in [-0.2, -0.15) is 0 Å². The van der Waals surface area contributed by atoms with Gasteiger partial charge in [0.2, 0.25) is 5.91 Å². The van der Waals surface area contributed by atoms with Crippen LogP contribution in [0.3, 0.4) is 0 Å². The van der Waals surface area contributed by atoms with E-state index in [9.17, 15) is 4.79 Å². The molecule has 1 amide bonds. The summed E-state index contributed by atoms with van der Waals surface area (Å²) in [5, 5.41) is 3.38. The predicted octanol–water partition coefficient (Wildman–Crippen LogP) is 2.08. The minimum Gasteiger partial charge on any atom is -0.337 e. The van der Waals surface area contributed by atoms with Crippen LogP contribution in [0.2, 0.25) is 0 Å². The minimum atomic E-state index is 0.295. The van der Waals surface area contributed by atoms with Gasteiger partial charge in [0.1, 0.15) is 0 Å². The van der Waals surface area contributed by atoms with Crippen LogP contribution in [-0.4, -0.2) is 36.5 Å². The smallest absolute Gasteiger partial charge is 0.223 e. The van der Waals surface area contributed by atoms with Gasteiger partial charge in [0.05, 0.1) is 0 Å². The number of hydrogen-bond acceptors (Lipinski definition) is 2. The number of hydrogen-bond donors (Lipinski definition) is 1. The first-order chi connectivity index (χ1) is 9.18. The summed E-state index contributed by atoms with van der Waals surface area (Å²) in [4.78, 5) is 14.5. The summed E-state index contributed by atoms with van der Waals surface area (Å²) in [5.74, 6) is 0.803. The molecule has 0 saturated carbocycles. The number of rotatable bonds is 4. The van der Waals surface area contributed by atoms with Gasteiger partial charge < -0.3 is 10.2 Å². The first-order valence-electron chi connectivity index (χ1n) is 7.22. The second-order valence-electron chi connectivity index (χ2n) is 5.59. The number of carbonyl (C=O) groups is 1. The SMILES string of the molecule is CC(C)C1CNCCN1C(=O)CCc1ccccc1. The molecule has 2 rings (SSSR count). The van der Waals surface area contributed by atoms with E-state index in [0.29, 0.717) is 24.3 Å². The van der Waals surface area contributed by atoms with Crippen molar-refractivity contribution < 1.29 is 4.79 Å². The number of aryl methyl sites for hydroxylation is 1. The fourth-order valence-corrected chi connectivity index (χ4v) is 2.67. The molecule has 1 atom stereocenters. The molecule has 3 heteroatoms. The molecule has 1 aromatic carbocycles. The predicted molar refractivity (Wildman–Crippen MR) is 78.0 cm³/mol. The van der Waals surface area contributed by atoms with E-state index in [1.807, 2.05) is 18.2 Å². The monoisotopic (exact) mass is 260 g/mol. The third-order valence-electron chi connectivity index (χ3n) is 3.84. The first-order valence-corrected chi connectivity index (χ1v) is 7.22. The number of nitrogens with zero attached hydrogens (tertiary/aromatic N) is 1. The van der Waals surface area contributed by atoms with Crippen molar-refractivity contribution >= 4 is 5.91 Å². The van der Waals surface area contributed by atoms with Gasteiger partial charge >= 0.3 is 0 Å². The van der Waals surface area contributed by atoms with Crippen molar-refractivity contribution in [3.63, 3.8) is 0 Å². The Labute approximate surface area is 116 Å². The van der Waals surface area contributed by atoms with Crippen molar-refractivity contribution in [3.8, 4) is 0 Å². The lowest BCUT2D eigenvalue weighted by Gasteiger charge is -2.38. The van der Waals surface area contributed by atoms with Gasteiger partial charge in [-0.15, -0.1) is 0 Å². The van der Waals surface area contributed by atoms with Crippen molar-refractivity contribution in [1.29, 1.82) is 0 Å². The zero-order chi connectivity index (χ0) is 13.7. The Morgan fingerprint density at radius 3 is 2.79 bits per heavy atom. The molecule has 3 nitrogen and oxygen atoms in total. The summed E-state index contributed by atoms with van der Waals surface area (Å²) in [5.41, 5.74) is 1.24. The second-order valence-corrected chi connectivity index (χ2v) is 5.59. The molecule has 0 spiro atoms.